The Bertz CT molecular complexity index is 1050. The average molecular weight is 452 g/mol. The van der Waals surface area contributed by atoms with Gasteiger partial charge in [0.1, 0.15) is 13.2 Å². The molecule has 0 aromatic heterocycles. The summed E-state index contributed by atoms with van der Waals surface area (Å²) < 4.78 is 28.1. The van der Waals surface area contributed by atoms with E-state index in [4.69, 9.17) is 23.7 Å². The number of benzene rings is 3. The van der Waals surface area contributed by atoms with Crippen molar-refractivity contribution in [3.05, 3.63) is 66.2 Å². The molecule has 7 heteroatoms. The predicted molar refractivity (Wildman–Crippen MR) is 126 cm³/mol. The fourth-order valence-corrected chi connectivity index (χ4v) is 3.61. The minimum Gasteiger partial charge on any atom is -0.487 e. The van der Waals surface area contributed by atoms with Crippen molar-refractivity contribution in [2.45, 2.75) is 6.42 Å². The van der Waals surface area contributed by atoms with Gasteiger partial charge in [0, 0.05) is 11.8 Å². The topological polar surface area (TPSA) is 75.3 Å². The van der Waals surface area contributed by atoms with Crippen molar-refractivity contribution in [1.29, 1.82) is 0 Å². The van der Waals surface area contributed by atoms with Crippen LogP contribution in [0.1, 0.15) is 5.56 Å². The number of amides is 1. The van der Waals surface area contributed by atoms with Crippen molar-refractivity contribution in [3.8, 4) is 11.5 Å². The Morgan fingerprint density at radius 2 is 1.33 bits per heavy atom. The smallest absolute Gasteiger partial charge is 0.228 e. The molecule has 4 rings (SSSR count). The molecule has 1 aliphatic rings. The molecule has 33 heavy (non-hydrogen) atoms. The first-order valence-corrected chi connectivity index (χ1v) is 11.2. The Hall–Kier alpha value is -3.13. The molecule has 3 aromatic rings. The van der Waals surface area contributed by atoms with Gasteiger partial charge in [-0.2, -0.15) is 0 Å². The zero-order chi connectivity index (χ0) is 22.7. The van der Waals surface area contributed by atoms with Gasteiger partial charge in [0.05, 0.1) is 46.1 Å². The van der Waals surface area contributed by atoms with Crippen LogP contribution in [0.15, 0.2) is 60.7 Å². The molecule has 0 saturated heterocycles. The highest BCUT2D eigenvalue weighted by atomic mass is 16.6. The highest BCUT2D eigenvalue weighted by Crippen LogP contribution is 2.31. The normalized spacial score (nSPS) is 15.9. The van der Waals surface area contributed by atoms with Crippen molar-refractivity contribution >= 4 is 22.4 Å². The molecule has 1 aliphatic heterocycles. The number of fused-ring (bicyclic) bond motifs is 2. The summed E-state index contributed by atoms with van der Waals surface area (Å²) in [5.41, 5.74) is 1.63. The predicted octanol–water partition coefficient (Wildman–Crippen LogP) is 3.84. The number of nitrogens with one attached hydrogen (secondary N) is 1. The lowest BCUT2D eigenvalue weighted by Crippen LogP contribution is -2.15. The summed E-state index contributed by atoms with van der Waals surface area (Å²) in [5, 5.41) is 5.17. The molecule has 0 bridgehead atoms. The minimum atomic E-state index is -0.0962. The molecule has 3 aromatic carbocycles. The maximum absolute atomic E-state index is 12.8. The largest absolute Gasteiger partial charge is 0.487 e. The fraction of sp³-hybridized carbons (Fsp3) is 0.346. The van der Waals surface area contributed by atoms with Crippen LogP contribution < -0.4 is 14.8 Å². The quantitative estimate of drug-likeness (QED) is 0.652. The molecule has 1 N–H and O–H groups in total. The molecule has 1 heterocycles. The van der Waals surface area contributed by atoms with E-state index < -0.39 is 0 Å². The van der Waals surface area contributed by atoms with Gasteiger partial charge in [-0.1, -0.05) is 42.5 Å². The van der Waals surface area contributed by atoms with Gasteiger partial charge in [0.2, 0.25) is 5.91 Å². The molecule has 0 saturated carbocycles. The van der Waals surface area contributed by atoms with Gasteiger partial charge in [0.15, 0.2) is 11.5 Å². The van der Waals surface area contributed by atoms with Crippen LogP contribution in [-0.2, 0) is 25.4 Å². The second-order valence-electron chi connectivity index (χ2n) is 7.56. The van der Waals surface area contributed by atoms with Crippen LogP contribution in [-0.4, -0.2) is 58.8 Å². The molecule has 0 radical (unpaired) electrons. The number of carbonyl (C=O) groups excluding carboxylic acids is 1. The zero-order valence-electron chi connectivity index (χ0n) is 18.6. The number of anilines is 1. The van der Waals surface area contributed by atoms with Crippen LogP contribution >= 0.6 is 0 Å². The van der Waals surface area contributed by atoms with E-state index in [0.29, 0.717) is 70.0 Å². The molecule has 1 amide bonds. The molecule has 0 unspecified atom stereocenters. The van der Waals surface area contributed by atoms with E-state index in [1.54, 1.807) is 12.1 Å². The van der Waals surface area contributed by atoms with Crippen LogP contribution in [0.25, 0.3) is 10.8 Å². The maximum Gasteiger partial charge on any atom is 0.228 e. The third kappa shape index (κ3) is 6.92. The number of rotatable bonds is 3. The van der Waals surface area contributed by atoms with Crippen molar-refractivity contribution in [3.63, 3.8) is 0 Å². The van der Waals surface area contributed by atoms with E-state index in [-0.39, 0.29) is 12.3 Å². The third-order valence-corrected chi connectivity index (χ3v) is 5.17. The maximum atomic E-state index is 12.8. The van der Waals surface area contributed by atoms with Gasteiger partial charge in [0.25, 0.3) is 0 Å². The lowest BCUT2D eigenvalue weighted by atomic mass is 10.0. The van der Waals surface area contributed by atoms with E-state index in [1.165, 1.54) is 0 Å². The summed E-state index contributed by atoms with van der Waals surface area (Å²) in [4.78, 5) is 12.8. The first-order valence-electron chi connectivity index (χ1n) is 11.2. The molecular formula is C26H29NO6. The number of hydrogen-bond donors (Lipinski definition) is 1. The molecule has 0 atom stereocenters. The average Bonchev–Trinajstić information content (AvgIpc) is 2.84. The van der Waals surface area contributed by atoms with Crippen molar-refractivity contribution in [2.75, 3.05) is 58.2 Å². The number of ether oxygens (including phenoxy) is 5. The Morgan fingerprint density at radius 3 is 2.09 bits per heavy atom. The van der Waals surface area contributed by atoms with Gasteiger partial charge in [-0.25, -0.2) is 0 Å². The molecule has 0 spiro atoms. The van der Waals surface area contributed by atoms with Crippen LogP contribution in [0.4, 0.5) is 5.69 Å². The summed E-state index contributed by atoms with van der Waals surface area (Å²) in [6, 6.07) is 19.4. The molecular weight excluding hydrogens is 422 g/mol. The number of carbonyl (C=O) groups is 1. The summed E-state index contributed by atoms with van der Waals surface area (Å²) in [6.45, 7) is 3.67. The zero-order valence-corrected chi connectivity index (χ0v) is 18.6. The second kappa shape index (κ2) is 12.2. The van der Waals surface area contributed by atoms with Gasteiger partial charge >= 0.3 is 0 Å². The third-order valence-electron chi connectivity index (χ3n) is 5.17. The molecule has 0 aliphatic carbocycles. The van der Waals surface area contributed by atoms with E-state index >= 15 is 0 Å². The van der Waals surface area contributed by atoms with Gasteiger partial charge in [-0.15, -0.1) is 0 Å². The number of hydrogen-bond acceptors (Lipinski definition) is 6. The van der Waals surface area contributed by atoms with Crippen LogP contribution in [0, 0.1) is 0 Å². The molecule has 0 fully saturated rings. The first-order chi connectivity index (χ1) is 16.3. The Balaban J connectivity index is 1.42. The Morgan fingerprint density at radius 1 is 0.697 bits per heavy atom. The first kappa shape index (κ1) is 23.0. The van der Waals surface area contributed by atoms with Crippen LogP contribution in [0.3, 0.4) is 0 Å². The monoisotopic (exact) mass is 451 g/mol. The highest BCUT2D eigenvalue weighted by molar-refractivity contribution is 5.96. The SMILES string of the molecule is O=C(Cc1cccc2ccccc12)Nc1ccc2c(c1)OCCOCCOCCOCCO2. The fourth-order valence-electron chi connectivity index (χ4n) is 3.61. The van der Waals surface area contributed by atoms with E-state index in [1.807, 2.05) is 48.5 Å². The minimum absolute atomic E-state index is 0.0962. The van der Waals surface area contributed by atoms with Gasteiger partial charge in [-0.3, -0.25) is 4.79 Å². The lowest BCUT2D eigenvalue weighted by molar-refractivity contribution is -0.115. The van der Waals surface area contributed by atoms with E-state index in [0.717, 1.165) is 16.3 Å². The Labute approximate surface area is 193 Å². The summed E-state index contributed by atoms with van der Waals surface area (Å²) in [5.74, 6) is 1.05. The van der Waals surface area contributed by atoms with Gasteiger partial charge < -0.3 is 29.0 Å². The standard InChI is InChI=1S/C26H29NO6/c28-26(18-21-6-3-5-20-4-1-2-7-23(20)21)27-22-8-9-24-25(19-22)33-17-15-31-13-11-29-10-12-30-14-16-32-24/h1-9,19H,10-18H2,(H,27,28). The molecule has 174 valence electrons. The van der Waals surface area contributed by atoms with Gasteiger partial charge in [-0.05, 0) is 28.5 Å². The van der Waals surface area contributed by atoms with Crippen molar-refractivity contribution in [1.82, 2.24) is 0 Å². The highest BCUT2D eigenvalue weighted by Gasteiger charge is 2.11. The van der Waals surface area contributed by atoms with E-state index in [9.17, 15) is 4.79 Å². The van der Waals surface area contributed by atoms with E-state index in [2.05, 4.69) is 5.32 Å². The van der Waals surface area contributed by atoms with Crippen molar-refractivity contribution in [2.24, 2.45) is 0 Å². The lowest BCUT2D eigenvalue weighted by Gasteiger charge is -2.15. The molecule has 7 nitrogen and oxygen atoms in total. The summed E-state index contributed by atoms with van der Waals surface area (Å²) in [7, 11) is 0. The van der Waals surface area contributed by atoms with Crippen LogP contribution in [0.5, 0.6) is 11.5 Å². The Kier molecular flexibility index (Phi) is 8.52. The van der Waals surface area contributed by atoms with Crippen molar-refractivity contribution < 1.29 is 28.5 Å². The van der Waals surface area contributed by atoms with Crippen LogP contribution in [0.2, 0.25) is 0 Å². The summed E-state index contributed by atoms with van der Waals surface area (Å²) >= 11 is 0. The second-order valence-corrected chi connectivity index (χ2v) is 7.56. The summed E-state index contributed by atoms with van der Waals surface area (Å²) in [6.07, 6.45) is 0.281.